The van der Waals surface area contributed by atoms with E-state index in [1.807, 2.05) is 51.1 Å². The Morgan fingerprint density at radius 3 is 2.00 bits per heavy atom. The Hall–Kier alpha value is -4.13. The number of carbonyl (C=O) groups excluding carboxylic acids is 3. The maximum Gasteiger partial charge on any atom is 0.258 e. The lowest BCUT2D eigenvalue weighted by Crippen LogP contribution is -2.30. The Kier molecular flexibility index (Phi) is 9.01. The largest absolute Gasteiger partial charge is 0.376 e. The molecule has 0 aromatic heterocycles. The van der Waals surface area contributed by atoms with Crippen LogP contribution in [0, 0.1) is 0 Å². The number of benzene rings is 3. The fraction of sp³-hybridized carbons (Fsp3) is 0.250. The van der Waals surface area contributed by atoms with Crippen LogP contribution in [0.25, 0.3) is 0 Å². The molecule has 0 atom stereocenters. The quantitative estimate of drug-likeness (QED) is 0.440. The highest BCUT2D eigenvalue weighted by atomic mass is 16.2. The minimum atomic E-state index is -0.242. The molecule has 0 saturated carbocycles. The number of para-hydroxylation sites is 1. The topological polar surface area (TPSA) is 81.8 Å². The summed E-state index contributed by atoms with van der Waals surface area (Å²) in [5, 5.41) is 5.89. The van der Waals surface area contributed by atoms with E-state index in [1.165, 1.54) is 0 Å². The molecule has 0 saturated heterocycles. The SMILES string of the molecule is CCN(CC)C(=O)c1ccc(NCC(=O)Nc2cccc(C(=O)N(CC)c3ccccc3)c2)cc1. The molecule has 3 aromatic rings. The van der Waals surface area contributed by atoms with Gasteiger partial charge in [0, 0.05) is 47.8 Å². The van der Waals surface area contributed by atoms with Crippen molar-refractivity contribution in [2.24, 2.45) is 0 Å². The average molecular weight is 473 g/mol. The van der Waals surface area contributed by atoms with Crippen LogP contribution in [0.3, 0.4) is 0 Å². The third-order valence-corrected chi connectivity index (χ3v) is 5.66. The molecule has 0 fully saturated rings. The highest BCUT2D eigenvalue weighted by Crippen LogP contribution is 2.19. The predicted molar refractivity (Wildman–Crippen MR) is 141 cm³/mol. The summed E-state index contributed by atoms with van der Waals surface area (Å²) in [4.78, 5) is 41.4. The van der Waals surface area contributed by atoms with Crippen LogP contribution in [-0.2, 0) is 4.79 Å². The van der Waals surface area contributed by atoms with Crippen LogP contribution in [-0.4, -0.2) is 48.8 Å². The lowest BCUT2D eigenvalue weighted by Gasteiger charge is -2.21. The maximum absolute atomic E-state index is 13.1. The van der Waals surface area contributed by atoms with Gasteiger partial charge in [0.2, 0.25) is 5.91 Å². The molecule has 35 heavy (non-hydrogen) atoms. The Morgan fingerprint density at radius 2 is 1.37 bits per heavy atom. The Labute approximate surface area is 206 Å². The van der Waals surface area contributed by atoms with E-state index < -0.39 is 0 Å². The van der Waals surface area contributed by atoms with Crippen molar-refractivity contribution >= 4 is 34.8 Å². The van der Waals surface area contributed by atoms with E-state index in [2.05, 4.69) is 10.6 Å². The number of carbonyl (C=O) groups is 3. The van der Waals surface area contributed by atoms with Gasteiger partial charge in [-0.3, -0.25) is 14.4 Å². The summed E-state index contributed by atoms with van der Waals surface area (Å²) in [5.41, 5.74) is 3.22. The zero-order valence-electron chi connectivity index (χ0n) is 20.5. The van der Waals surface area contributed by atoms with Gasteiger partial charge in [-0.15, -0.1) is 0 Å². The van der Waals surface area contributed by atoms with Gasteiger partial charge < -0.3 is 20.4 Å². The van der Waals surface area contributed by atoms with Gasteiger partial charge in [-0.1, -0.05) is 24.3 Å². The van der Waals surface area contributed by atoms with Gasteiger partial charge in [-0.2, -0.15) is 0 Å². The molecule has 0 spiro atoms. The molecule has 0 aliphatic heterocycles. The van der Waals surface area contributed by atoms with Crippen molar-refractivity contribution in [2.45, 2.75) is 20.8 Å². The van der Waals surface area contributed by atoms with E-state index in [1.54, 1.807) is 58.3 Å². The Bertz CT molecular complexity index is 1140. The van der Waals surface area contributed by atoms with Crippen molar-refractivity contribution in [3.05, 3.63) is 90.0 Å². The molecule has 0 bridgehead atoms. The van der Waals surface area contributed by atoms with E-state index in [0.29, 0.717) is 36.4 Å². The van der Waals surface area contributed by atoms with Gasteiger partial charge in [-0.05, 0) is 75.4 Å². The van der Waals surface area contributed by atoms with Crippen LogP contribution in [0.15, 0.2) is 78.9 Å². The molecule has 0 heterocycles. The second-order valence-electron chi connectivity index (χ2n) is 7.92. The van der Waals surface area contributed by atoms with E-state index in [4.69, 9.17) is 0 Å². The molecule has 3 aromatic carbocycles. The maximum atomic E-state index is 13.1. The van der Waals surface area contributed by atoms with Gasteiger partial charge in [0.25, 0.3) is 11.8 Å². The molecule has 3 amide bonds. The van der Waals surface area contributed by atoms with E-state index >= 15 is 0 Å². The van der Waals surface area contributed by atoms with E-state index in [9.17, 15) is 14.4 Å². The first-order chi connectivity index (χ1) is 17.0. The Balaban J connectivity index is 1.58. The summed E-state index contributed by atoms with van der Waals surface area (Å²) in [6.45, 7) is 7.72. The third kappa shape index (κ3) is 6.69. The lowest BCUT2D eigenvalue weighted by molar-refractivity contribution is -0.114. The molecule has 0 aliphatic carbocycles. The normalized spacial score (nSPS) is 10.4. The van der Waals surface area contributed by atoms with Crippen LogP contribution < -0.4 is 15.5 Å². The van der Waals surface area contributed by atoms with Crippen molar-refractivity contribution in [2.75, 3.05) is 41.7 Å². The minimum absolute atomic E-state index is 0.0115. The van der Waals surface area contributed by atoms with Crippen LogP contribution in [0.4, 0.5) is 17.1 Å². The first kappa shape index (κ1) is 25.5. The predicted octanol–water partition coefficient (Wildman–Crippen LogP) is 4.89. The summed E-state index contributed by atoms with van der Waals surface area (Å²) < 4.78 is 0. The number of hydrogen-bond acceptors (Lipinski definition) is 4. The minimum Gasteiger partial charge on any atom is -0.376 e. The summed E-state index contributed by atoms with van der Waals surface area (Å²) in [7, 11) is 0. The number of anilines is 3. The van der Waals surface area contributed by atoms with Crippen molar-refractivity contribution < 1.29 is 14.4 Å². The summed E-state index contributed by atoms with van der Waals surface area (Å²) in [5.74, 6) is -0.386. The molecule has 3 rings (SSSR count). The zero-order valence-corrected chi connectivity index (χ0v) is 20.5. The fourth-order valence-corrected chi connectivity index (χ4v) is 3.75. The molecule has 7 nitrogen and oxygen atoms in total. The molecule has 2 N–H and O–H groups in total. The summed E-state index contributed by atoms with van der Waals surface area (Å²) >= 11 is 0. The summed E-state index contributed by atoms with van der Waals surface area (Å²) in [6.07, 6.45) is 0. The number of nitrogens with one attached hydrogen (secondary N) is 2. The zero-order chi connectivity index (χ0) is 25.2. The summed E-state index contributed by atoms with van der Waals surface area (Å²) in [6, 6.07) is 23.5. The van der Waals surface area contributed by atoms with Crippen LogP contribution in [0.1, 0.15) is 41.5 Å². The van der Waals surface area contributed by atoms with Crippen molar-refractivity contribution in [3.8, 4) is 0 Å². The van der Waals surface area contributed by atoms with Gasteiger partial charge in [0.05, 0.1) is 6.54 Å². The molecule has 0 aliphatic rings. The van der Waals surface area contributed by atoms with Crippen LogP contribution >= 0.6 is 0 Å². The van der Waals surface area contributed by atoms with Gasteiger partial charge in [0.1, 0.15) is 0 Å². The standard InChI is InChI=1S/C28H32N4O3/c1-4-31(5-2)27(34)21-15-17-23(18-16-21)29-20-26(33)30-24-12-10-11-22(19-24)28(35)32(6-3)25-13-8-7-9-14-25/h7-19,29H,4-6,20H2,1-3H3,(H,30,33). The smallest absolute Gasteiger partial charge is 0.258 e. The van der Waals surface area contributed by atoms with Crippen LogP contribution in [0.5, 0.6) is 0 Å². The van der Waals surface area contributed by atoms with E-state index in [-0.39, 0.29) is 24.3 Å². The Morgan fingerprint density at radius 1 is 0.686 bits per heavy atom. The molecular weight excluding hydrogens is 440 g/mol. The monoisotopic (exact) mass is 472 g/mol. The second kappa shape index (κ2) is 12.4. The molecule has 182 valence electrons. The third-order valence-electron chi connectivity index (χ3n) is 5.66. The number of amides is 3. The fourth-order valence-electron chi connectivity index (χ4n) is 3.75. The highest BCUT2D eigenvalue weighted by molar-refractivity contribution is 6.07. The van der Waals surface area contributed by atoms with Crippen molar-refractivity contribution in [3.63, 3.8) is 0 Å². The number of hydrogen-bond donors (Lipinski definition) is 2. The number of rotatable bonds is 10. The van der Waals surface area contributed by atoms with E-state index in [0.717, 1.165) is 11.4 Å². The average Bonchev–Trinajstić information content (AvgIpc) is 2.89. The molecule has 0 radical (unpaired) electrons. The lowest BCUT2D eigenvalue weighted by atomic mass is 10.1. The van der Waals surface area contributed by atoms with Gasteiger partial charge in [-0.25, -0.2) is 0 Å². The van der Waals surface area contributed by atoms with Crippen molar-refractivity contribution in [1.29, 1.82) is 0 Å². The van der Waals surface area contributed by atoms with Crippen molar-refractivity contribution in [1.82, 2.24) is 4.90 Å². The number of nitrogens with zero attached hydrogens (tertiary/aromatic N) is 2. The molecular formula is C28H32N4O3. The van der Waals surface area contributed by atoms with Gasteiger partial charge in [0.15, 0.2) is 0 Å². The van der Waals surface area contributed by atoms with Gasteiger partial charge >= 0.3 is 0 Å². The molecule has 7 heteroatoms. The van der Waals surface area contributed by atoms with Crippen LogP contribution in [0.2, 0.25) is 0 Å². The highest BCUT2D eigenvalue weighted by Gasteiger charge is 2.17. The first-order valence-corrected chi connectivity index (χ1v) is 11.9. The second-order valence-corrected chi connectivity index (χ2v) is 7.92. The molecule has 0 unspecified atom stereocenters. The first-order valence-electron chi connectivity index (χ1n) is 11.9.